The highest BCUT2D eigenvalue weighted by molar-refractivity contribution is 6.35. The molecule has 2 aliphatic rings. The van der Waals surface area contributed by atoms with Gasteiger partial charge in [0.15, 0.2) is 0 Å². The topological polar surface area (TPSA) is 142 Å². The number of carbonyl (C=O) groups excluding carboxylic acids is 2. The predicted molar refractivity (Wildman–Crippen MR) is 159 cm³/mol. The van der Waals surface area contributed by atoms with E-state index in [1.807, 2.05) is 0 Å². The Bertz CT molecular complexity index is 1880. The van der Waals surface area contributed by atoms with Crippen molar-refractivity contribution in [3.05, 3.63) is 69.5 Å². The van der Waals surface area contributed by atoms with Gasteiger partial charge in [-0.1, -0.05) is 23.2 Å². The second-order valence-corrected chi connectivity index (χ2v) is 12.2. The van der Waals surface area contributed by atoms with Gasteiger partial charge >= 0.3 is 6.18 Å². The first-order valence-corrected chi connectivity index (χ1v) is 14.5. The number of nitrogens with two attached hydrogens (primary N) is 1. The first kappa shape index (κ1) is 30.9. The van der Waals surface area contributed by atoms with Crippen LogP contribution in [0.1, 0.15) is 47.4 Å². The number of nitrogens with one attached hydrogen (secondary N) is 1. The van der Waals surface area contributed by atoms with E-state index in [2.05, 4.69) is 15.4 Å². The van der Waals surface area contributed by atoms with Crippen LogP contribution in [0.3, 0.4) is 0 Å². The number of aliphatic hydroxyl groups is 1. The zero-order valence-electron chi connectivity index (χ0n) is 23.8. The number of hydrogen-bond acceptors (Lipinski definition) is 7. The van der Waals surface area contributed by atoms with Crippen LogP contribution in [-0.4, -0.2) is 58.1 Å². The Morgan fingerprint density at radius 2 is 1.96 bits per heavy atom. The van der Waals surface area contributed by atoms with Crippen molar-refractivity contribution in [1.82, 2.24) is 20.1 Å². The van der Waals surface area contributed by atoms with Crippen molar-refractivity contribution in [3.8, 4) is 22.8 Å². The van der Waals surface area contributed by atoms with Crippen LogP contribution >= 0.6 is 23.2 Å². The van der Waals surface area contributed by atoms with Crippen LogP contribution in [0.5, 0.6) is 11.5 Å². The molecule has 2 amide bonds. The Hall–Kier alpha value is -4.07. The third-order valence-electron chi connectivity index (χ3n) is 8.19. The molecular weight excluding hydrogens is 638 g/mol. The van der Waals surface area contributed by atoms with Crippen LogP contribution in [0.4, 0.5) is 13.2 Å². The van der Waals surface area contributed by atoms with E-state index in [4.69, 9.17) is 38.4 Å². The fourth-order valence-corrected chi connectivity index (χ4v) is 5.62. The van der Waals surface area contributed by atoms with Crippen LogP contribution in [-0.2, 0) is 15.8 Å². The van der Waals surface area contributed by atoms with Gasteiger partial charge in [-0.05, 0) is 56.2 Å². The van der Waals surface area contributed by atoms with E-state index in [0.29, 0.717) is 10.9 Å². The molecule has 2 aromatic heterocycles. The third kappa shape index (κ3) is 5.22. The van der Waals surface area contributed by atoms with E-state index < -0.39 is 41.2 Å². The van der Waals surface area contributed by atoms with Crippen molar-refractivity contribution in [3.63, 3.8) is 0 Å². The van der Waals surface area contributed by atoms with Crippen molar-refractivity contribution in [1.29, 1.82) is 0 Å². The maximum Gasteiger partial charge on any atom is 0.424 e. The molecule has 0 radical (unpaired) electrons. The minimum absolute atomic E-state index is 0.0118. The average molecular weight is 664 g/mol. The van der Waals surface area contributed by atoms with E-state index in [0.717, 1.165) is 18.9 Å². The van der Waals surface area contributed by atoms with Crippen LogP contribution < -0.4 is 20.5 Å². The van der Waals surface area contributed by atoms with Crippen molar-refractivity contribution in [2.45, 2.75) is 43.0 Å². The lowest BCUT2D eigenvalue weighted by Gasteiger charge is -2.31. The van der Waals surface area contributed by atoms with Gasteiger partial charge in [-0.3, -0.25) is 14.3 Å². The maximum absolute atomic E-state index is 14.8. The van der Waals surface area contributed by atoms with Crippen molar-refractivity contribution < 1.29 is 37.3 Å². The number of hydrogen-bond donors (Lipinski definition) is 3. The molecule has 0 bridgehead atoms. The lowest BCUT2D eigenvalue weighted by Crippen LogP contribution is -2.51. The number of alkyl halides is 3. The molecule has 10 nitrogen and oxygen atoms in total. The van der Waals surface area contributed by atoms with Gasteiger partial charge in [-0.15, -0.1) is 0 Å². The number of amides is 2. The Balaban J connectivity index is 1.42. The Labute approximate surface area is 264 Å². The molecule has 45 heavy (non-hydrogen) atoms. The molecule has 1 saturated carbocycles. The molecular formula is C30H26Cl2F3N5O5. The monoisotopic (exact) mass is 663 g/mol. The number of primary amides is 1. The Morgan fingerprint density at radius 3 is 2.60 bits per heavy atom. The lowest BCUT2D eigenvalue weighted by atomic mass is 9.81. The molecule has 15 heteroatoms. The number of halogens is 5. The van der Waals surface area contributed by atoms with Gasteiger partial charge in [0.1, 0.15) is 34.7 Å². The summed E-state index contributed by atoms with van der Waals surface area (Å²) in [6, 6.07) is 8.24. The number of methoxy groups -OCH3 is 1. The quantitative estimate of drug-likeness (QED) is 0.239. The van der Waals surface area contributed by atoms with Crippen LogP contribution in [0.15, 0.2) is 42.6 Å². The summed E-state index contributed by atoms with van der Waals surface area (Å²) in [4.78, 5) is 29.9. The van der Waals surface area contributed by atoms with Crippen molar-refractivity contribution >= 4 is 45.9 Å². The number of pyridine rings is 1. The second kappa shape index (κ2) is 10.8. The molecule has 4 N–H and O–H groups in total. The van der Waals surface area contributed by atoms with Crippen LogP contribution in [0, 0.1) is 0 Å². The molecule has 0 spiro atoms. The van der Waals surface area contributed by atoms with Crippen molar-refractivity contribution in [2.24, 2.45) is 5.73 Å². The minimum atomic E-state index is -5.35. The predicted octanol–water partition coefficient (Wildman–Crippen LogP) is 5.06. The zero-order chi connectivity index (χ0) is 32.5. The molecule has 2 aromatic carbocycles. The van der Waals surface area contributed by atoms with Gasteiger partial charge in [0.25, 0.3) is 5.91 Å². The molecule has 1 aliphatic carbocycles. The Morgan fingerprint density at radius 1 is 1.22 bits per heavy atom. The molecule has 0 saturated heterocycles. The summed E-state index contributed by atoms with van der Waals surface area (Å²) in [5.74, 6) is -1.57. The van der Waals surface area contributed by atoms with Gasteiger partial charge in [-0.25, -0.2) is 4.98 Å². The molecule has 2 atom stereocenters. The van der Waals surface area contributed by atoms with Crippen molar-refractivity contribution in [2.75, 3.05) is 20.3 Å². The van der Waals surface area contributed by atoms with Gasteiger partial charge in [0.05, 0.1) is 30.4 Å². The summed E-state index contributed by atoms with van der Waals surface area (Å²) in [6.45, 7) is -0.228. The number of carbonyl (C=O) groups is 2. The fraction of sp³-hybridized carbons (Fsp3) is 0.333. The maximum atomic E-state index is 14.8. The number of ether oxygens (including phenoxy) is 2. The van der Waals surface area contributed by atoms with Gasteiger partial charge in [-0.2, -0.15) is 18.3 Å². The second-order valence-electron chi connectivity index (χ2n) is 11.3. The van der Waals surface area contributed by atoms with E-state index in [9.17, 15) is 27.9 Å². The summed E-state index contributed by atoms with van der Waals surface area (Å²) in [7, 11) is 1.39. The fourth-order valence-electron chi connectivity index (χ4n) is 5.24. The lowest BCUT2D eigenvalue weighted by molar-refractivity contribution is -0.265. The number of aromatic nitrogens is 3. The summed E-state index contributed by atoms with van der Waals surface area (Å²) < 4.78 is 57.3. The summed E-state index contributed by atoms with van der Waals surface area (Å²) in [5, 5.41) is 18.9. The van der Waals surface area contributed by atoms with Crippen LogP contribution in [0.25, 0.3) is 22.2 Å². The zero-order valence-corrected chi connectivity index (χ0v) is 25.3. The largest absolute Gasteiger partial charge is 0.494 e. The highest BCUT2D eigenvalue weighted by Gasteiger charge is 2.57. The standard InChI is InChI=1S/C30H26Cl2F3N5O5/c1-28(27(36)42)13-45-25-19(28)10-22(38-24(25)18-9-16(31)3-6-20(18)32)29(43,30(33,34)35)12-37-26(41)14-7-15-11-40(17-4-5-17)39-23(15)21(8-14)44-2/h3,6-11,17,43H,4-5,12-13H2,1-2H3,(H2,36,42)(H,37,41)/t28-,29-/m0/s1. The summed E-state index contributed by atoms with van der Waals surface area (Å²) >= 11 is 12.5. The van der Waals surface area contributed by atoms with Gasteiger partial charge in [0.2, 0.25) is 11.5 Å². The molecule has 1 fully saturated rings. The van der Waals surface area contributed by atoms with E-state index in [-0.39, 0.29) is 56.6 Å². The average Bonchev–Trinajstić information content (AvgIpc) is 3.66. The number of fused-ring (bicyclic) bond motifs is 2. The van der Waals surface area contributed by atoms with Gasteiger partial charge in [0, 0.05) is 33.3 Å². The molecule has 0 unspecified atom stereocenters. The van der Waals surface area contributed by atoms with E-state index in [1.54, 1.807) is 10.9 Å². The molecule has 1 aliphatic heterocycles. The first-order valence-electron chi connectivity index (χ1n) is 13.7. The van der Waals surface area contributed by atoms with E-state index in [1.165, 1.54) is 44.4 Å². The molecule has 3 heterocycles. The normalized spacial score (nSPS) is 19.1. The highest BCUT2D eigenvalue weighted by Crippen LogP contribution is 2.49. The highest BCUT2D eigenvalue weighted by atomic mass is 35.5. The van der Waals surface area contributed by atoms with E-state index >= 15 is 0 Å². The van der Waals surface area contributed by atoms with Gasteiger partial charge < -0.3 is 25.6 Å². The summed E-state index contributed by atoms with van der Waals surface area (Å²) in [5.41, 5.74) is -0.237. The number of benzene rings is 2. The minimum Gasteiger partial charge on any atom is -0.494 e. The number of rotatable bonds is 8. The summed E-state index contributed by atoms with van der Waals surface area (Å²) in [6.07, 6.45) is -1.68. The third-order valence-corrected chi connectivity index (χ3v) is 8.76. The first-order chi connectivity index (χ1) is 21.2. The SMILES string of the molecule is COc1cc(C(=O)NC[C@](O)(c2cc3c(c(-c4cc(Cl)ccc4Cl)n2)OC[C@]3(C)C(N)=O)C(F)(F)F)cc2cn(C3CC3)nc12. The molecule has 4 aromatic rings. The molecule has 236 valence electrons. The smallest absolute Gasteiger partial charge is 0.424 e. The Kier molecular flexibility index (Phi) is 7.41. The molecule has 6 rings (SSSR count). The number of nitrogens with zero attached hydrogens (tertiary/aromatic N) is 3. The van der Waals surface area contributed by atoms with Crippen LogP contribution in [0.2, 0.25) is 10.0 Å².